The minimum Gasteiger partial charge on any atom is -0.302 e. The van der Waals surface area contributed by atoms with E-state index in [2.05, 4.69) is 4.90 Å². The number of nitrogens with zero attached hydrogens (tertiary/aromatic N) is 1. The summed E-state index contributed by atoms with van der Waals surface area (Å²) in [5, 5.41) is 0.690. The van der Waals surface area contributed by atoms with Gasteiger partial charge in [0.05, 0.1) is 0 Å². The van der Waals surface area contributed by atoms with E-state index in [-0.39, 0.29) is 11.7 Å². The second kappa shape index (κ2) is 5.64. The molecule has 3 heteroatoms. The number of halogens is 1. The fourth-order valence-electron chi connectivity index (χ4n) is 2.95. The Morgan fingerprint density at radius 1 is 1.21 bits per heavy atom. The molecule has 2 nitrogen and oxygen atoms in total. The van der Waals surface area contributed by atoms with Crippen molar-refractivity contribution in [1.29, 1.82) is 0 Å². The van der Waals surface area contributed by atoms with E-state index in [9.17, 15) is 4.79 Å². The highest BCUT2D eigenvalue weighted by Crippen LogP contribution is 2.31. The Hall–Kier alpha value is -0.860. The maximum Gasteiger partial charge on any atom is 0.167 e. The molecule has 1 heterocycles. The Labute approximate surface area is 119 Å². The van der Waals surface area contributed by atoms with Crippen LogP contribution < -0.4 is 0 Å². The van der Waals surface area contributed by atoms with Gasteiger partial charge in [-0.05, 0) is 62.4 Å². The number of likely N-dealkylation sites (tertiary alicyclic amines) is 1. The average Bonchev–Trinajstić information content (AvgIpc) is 3.23. The molecular formula is C16H20ClNO. The number of benzene rings is 1. The van der Waals surface area contributed by atoms with Crippen LogP contribution in [0.1, 0.15) is 36.0 Å². The van der Waals surface area contributed by atoms with Crippen LogP contribution in [0.15, 0.2) is 24.3 Å². The van der Waals surface area contributed by atoms with Crippen molar-refractivity contribution in [3.63, 3.8) is 0 Å². The maximum atomic E-state index is 12.5. The van der Waals surface area contributed by atoms with Gasteiger partial charge in [-0.3, -0.25) is 4.79 Å². The first kappa shape index (κ1) is 13.1. The smallest absolute Gasteiger partial charge is 0.167 e. The topological polar surface area (TPSA) is 20.3 Å². The number of rotatable bonds is 4. The number of ketones is 1. The molecule has 0 N–H and O–H groups in total. The van der Waals surface area contributed by atoms with Crippen molar-refractivity contribution in [3.05, 3.63) is 34.9 Å². The maximum absolute atomic E-state index is 12.5. The van der Waals surface area contributed by atoms with Crippen molar-refractivity contribution >= 4 is 17.4 Å². The highest BCUT2D eigenvalue weighted by Gasteiger charge is 2.30. The fourth-order valence-corrected chi connectivity index (χ4v) is 3.08. The van der Waals surface area contributed by atoms with Crippen molar-refractivity contribution in [2.45, 2.75) is 25.7 Å². The zero-order valence-corrected chi connectivity index (χ0v) is 11.9. The summed E-state index contributed by atoms with van der Waals surface area (Å²) < 4.78 is 0. The molecule has 1 aliphatic carbocycles. The monoisotopic (exact) mass is 277 g/mol. The summed E-state index contributed by atoms with van der Waals surface area (Å²) in [6.45, 7) is 3.31. The lowest BCUT2D eigenvalue weighted by Gasteiger charge is -2.32. The molecule has 1 aliphatic heterocycles. The summed E-state index contributed by atoms with van der Waals surface area (Å²) >= 11 is 5.87. The molecule has 0 aromatic heterocycles. The summed E-state index contributed by atoms with van der Waals surface area (Å²) in [5.74, 6) is 1.37. The first-order valence-electron chi connectivity index (χ1n) is 7.24. The lowest BCUT2D eigenvalue weighted by Crippen LogP contribution is -2.39. The van der Waals surface area contributed by atoms with Gasteiger partial charge in [-0.2, -0.15) is 0 Å². The molecule has 0 radical (unpaired) electrons. The van der Waals surface area contributed by atoms with Crippen LogP contribution in [0.4, 0.5) is 0 Å². The van der Waals surface area contributed by atoms with Gasteiger partial charge in [0, 0.05) is 29.6 Å². The molecular weight excluding hydrogens is 258 g/mol. The van der Waals surface area contributed by atoms with Gasteiger partial charge in [0.2, 0.25) is 0 Å². The molecule has 0 bridgehead atoms. The van der Waals surface area contributed by atoms with Crippen molar-refractivity contribution in [2.24, 2.45) is 11.8 Å². The molecule has 1 saturated carbocycles. The highest BCUT2D eigenvalue weighted by atomic mass is 35.5. The molecule has 2 aliphatic rings. The van der Waals surface area contributed by atoms with Crippen LogP contribution in [0, 0.1) is 11.8 Å². The SMILES string of the molecule is O=C(c1ccc(Cl)cc1)[C@H]1CCCN(CC2CC2)C1. The minimum absolute atomic E-state index is 0.175. The summed E-state index contributed by atoms with van der Waals surface area (Å²) in [5.41, 5.74) is 0.808. The molecule has 1 saturated heterocycles. The van der Waals surface area contributed by atoms with Crippen LogP contribution in [-0.4, -0.2) is 30.3 Å². The van der Waals surface area contributed by atoms with E-state index in [1.807, 2.05) is 12.1 Å². The predicted molar refractivity (Wildman–Crippen MR) is 77.7 cm³/mol. The number of piperidine rings is 1. The normalized spacial score (nSPS) is 24.4. The fraction of sp³-hybridized carbons (Fsp3) is 0.562. The lowest BCUT2D eigenvalue weighted by molar-refractivity contribution is 0.0814. The Morgan fingerprint density at radius 2 is 1.95 bits per heavy atom. The van der Waals surface area contributed by atoms with E-state index in [4.69, 9.17) is 11.6 Å². The quantitative estimate of drug-likeness (QED) is 0.783. The Morgan fingerprint density at radius 3 is 2.63 bits per heavy atom. The van der Waals surface area contributed by atoms with Crippen LogP contribution in [-0.2, 0) is 0 Å². The summed E-state index contributed by atoms with van der Waals surface area (Å²) in [4.78, 5) is 15.0. The molecule has 0 spiro atoms. The van der Waals surface area contributed by atoms with Crippen LogP contribution in [0.2, 0.25) is 5.02 Å². The standard InChI is InChI=1S/C16H20ClNO/c17-15-7-5-13(6-8-15)16(19)14-2-1-9-18(11-14)10-12-3-4-12/h5-8,12,14H,1-4,9-11H2/t14-/m0/s1. The van der Waals surface area contributed by atoms with Gasteiger partial charge < -0.3 is 4.90 Å². The molecule has 0 amide bonds. The third-order valence-electron chi connectivity index (χ3n) is 4.22. The van der Waals surface area contributed by atoms with Crippen molar-refractivity contribution < 1.29 is 4.79 Å². The van der Waals surface area contributed by atoms with Crippen molar-refractivity contribution in [2.75, 3.05) is 19.6 Å². The van der Waals surface area contributed by atoms with Gasteiger partial charge in [-0.1, -0.05) is 11.6 Å². The molecule has 2 fully saturated rings. The van der Waals surface area contributed by atoms with E-state index in [0.29, 0.717) is 5.02 Å². The number of hydrogen-bond acceptors (Lipinski definition) is 2. The van der Waals surface area contributed by atoms with Crippen molar-refractivity contribution in [1.82, 2.24) is 4.90 Å². The molecule has 1 aromatic carbocycles. The molecule has 102 valence electrons. The van der Waals surface area contributed by atoms with E-state index >= 15 is 0 Å². The number of carbonyl (C=O) groups is 1. The van der Waals surface area contributed by atoms with Gasteiger partial charge in [0.15, 0.2) is 5.78 Å². The second-order valence-electron chi connectivity index (χ2n) is 5.91. The molecule has 0 unspecified atom stereocenters. The van der Waals surface area contributed by atoms with E-state index in [0.717, 1.165) is 30.9 Å². The van der Waals surface area contributed by atoms with Crippen LogP contribution in [0.3, 0.4) is 0 Å². The van der Waals surface area contributed by atoms with E-state index in [1.54, 1.807) is 12.1 Å². The molecule has 19 heavy (non-hydrogen) atoms. The Kier molecular flexibility index (Phi) is 3.90. The first-order chi connectivity index (χ1) is 9.22. The number of Topliss-reactive ketones (excluding diaryl/α,β-unsaturated/α-hetero) is 1. The Bertz CT molecular complexity index is 452. The highest BCUT2D eigenvalue weighted by molar-refractivity contribution is 6.30. The van der Waals surface area contributed by atoms with Crippen LogP contribution in [0.25, 0.3) is 0 Å². The summed E-state index contributed by atoms with van der Waals surface area (Å²) in [7, 11) is 0. The third kappa shape index (κ3) is 3.37. The lowest BCUT2D eigenvalue weighted by atomic mass is 9.90. The van der Waals surface area contributed by atoms with Gasteiger partial charge in [-0.15, -0.1) is 0 Å². The molecule has 1 atom stereocenters. The van der Waals surface area contributed by atoms with Gasteiger partial charge in [-0.25, -0.2) is 0 Å². The van der Waals surface area contributed by atoms with Crippen LogP contribution >= 0.6 is 11.6 Å². The first-order valence-corrected chi connectivity index (χ1v) is 7.62. The Balaban J connectivity index is 1.63. The number of carbonyl (C=O) groups excluding carboxylic acids is 1. The largest absolute Gasteiger partial charge is 0.302 e. The average molecular weight is 278 g/mol. The molecule has 1 aromatic rings. The zero-order valence-electron chi connectivity index (χ0n) is 11.1. The van der Waals surface area contributed by atoms with Gasteiger partial charge in [0.1, 0.15) is 0 Å². The minimum atomic E-state index is 0.175. The van der Waals surface area contributed by atoms with Crippen molar-refractivity contribution in [3.8, 4) is 0 Å². The second-order valence-corrected chi connectivity index (χ2v) is 6.35. The summed E-state index contributed by atoms with van der Waals surface area (Å²) in [6, 6.07) is 7.31. The van der Waals surface area contributed by atoms with Crippen LogP contribution in [0.5, 0.6) is 0 Å². The van der Waals surface area contributed by atoms with E-state index < -0.39 is 0 Å². The van der Waals surface area contributed by atoms with Gasteiger partial charge >= 0.3 is 0 Å². The van der Waals surface area contributed by atoms with Gasteiger partial charge in [0.25, 0.3) is 0 Å². The predicted octanol–water partition coefficient (Wildman–Crippen LogP) is 3.64. The summed E-state index contributed by atoms with van der Waals surface area (Å²) in [6.07, 6.45) is 4.94. The third-order valence-corrected chi connectivity index (χ3v) is 4.47. The number of hydrogen-bond donors (Lipinski definition) is 0. The van der Waals surface area contributed by atoms with E-state index in [1.165, 1.54) is 25.9 Å². The zero-order chi connectivity index (χ0) is 13.2. The molecule has 3 rings (SSSR count).